The Morgan fingerprint density at radius 2 is 2.17 bits per heavy atom. The summed E-state index contributed by atoms with van der Waals surface area (Å²) in [4.78, 5) is 26.9. The molecule has 0 radical (unpaired) electrons. The summed E-state index contributed by atoms with van der Waals surface area (Å²) in [5, 5.41) is 10.1. The van der Waals surface area contributed by atoms with Gasteiger partial charge in [0.25, 0.3) is 0 Å². The number of urea groups is 1. The van der Waals surface area contributed by atoms with Crippen molar-refractivity contribution in [2.45, 2.75) is 39.2 Å². The summed E-state index contributed by atoms with van der Waals surface area (Å²) in [5.74, 6) is 0.00330. The van der Waals surface area contributed by atoms with Gasteiger partial charge in [-0.1, -0.05) is 12.1 Å². The number of aromatic nitrogens is 2. The van der Waals surface area contributed by atoms with Gasteiger partial charge in [-0.05, 0) is 56.4 Å². The number of fused-ring (bicyclic) bond motifs is 1. The van der Waals surface area contributed by atoms with E-state index < -0.39 is 12.9 Å². The maximum Gasteiger partial charge on any atom is 0.376 e. The fraction of sp³-hybridized carbons (Fsp3) is 0.421. The number of amides is 2. The van der Waals surface area contributed by atoms with Crippen LogP contribution in [0.5, 0.6) is 0 Å². The first-order valence-electron chi connectivity index (χ1n) is 9.66. The Morgan fingerprint density at radius 3 is 2.90 bits per heavy atom. The van der Waals surface area contributed by atoms with Gasteiger partial charge in [0.2, 0.25) is 5.28 Å². The highest BCUT2D eigenvalue weighted by Crippen LogP contribution is 2.36. The standard InChI is InChI=1S/C19H22BClFN5O2/c1-12-5-3-7-15(22)16(12)26-10-13-9-23-18(21)24-17(13)27(19(26)28)14-6-4-8-25(11-14)20(2)29/h3,5,7,9,14,29H,4,6,8,10-11H2,1-2H3/t14-/m1/s1. The van der Waals surface area contributed by atoms with Crippen LogP contribution in [0.4, 0.5) is 20.7 Å². The molecule has 0 saturated carbocycles. The summed E-state index contributed by atoms with van der Waals surface area (Å²) >= 11 is 6.03. The molecular formula is C19H22BClFN5O2. The lowest BCUT2D eigenvalue weighted by Gasteiger charge is -2.44. The van der Waals surface area contributed by atoms with Crippen molar-refractivity contribution in [2.75, 3.05) is 22.9 Å². The van der Waals surface area contributed by atoms with Crippen LogP contribution < -0.4 is 9.80 Å². The molecule has 3 heterocycles. The monoisotopic (exact) mass is 417 g/mol. The smallest absolute Gasteiger partial charge is 0.376 e. The Kier molecular flexibility index (Phi) is 5.46. The van der Waals surface area contributed by atoms with Crippen molar-refractivity contribution in [1.82, 2.24) is 14.8 Å². The van der Waals surface area contributed by atoms with E-state index in [0.717, 1.165) is 19.4 Å². The molecule has 0 unspecified atom stereocenters. The first-order chi connectivity index (χ1) is 13.9. The van der Waals surface area contributed by atoms with Crippen LogP contribution in [0.2, 0.25) is 12.1 Å². The minimum atomic E-state index is -0.615. The first kappa shape index (κ1) is 20.1. The third kappa shape index (κ3) is 3.70. The maximum absolute atomic E-state index is 14.7. The summed E-state index contributed by atoms with van der Waals surface area (Å²) in [5.41, 5.74) is 1.63. The second-order valence-electron chi connectivity index (χ2n) is 7.55. The van der Waals surface area contributed by atoms with E-state index in [-0.39, 0.29) is 29.6 Å². The third-order valence-corrected chi connectivity index (χ3v) is 5.77. The van der Waals surface area contributed by atoms with E-state index >= 15 is 0 Å². The zero-order chi connectivity index (χ0) is 20.7. The predicted molar refractivity (Wildman–Crippen MR) is 111 cm³/mol. The molecule has 0 bridgehead atoms. The van der Waals surface area contributed by atoms with Crippen molar-refractivity contribution in [1.29, 1.82) is 0 Å². The van der Waals surface area contributed by atoms with Crippen LogP contribution in [-0.2, 0) is 6.54 Å². The van der Waals surface area contributed by atoms with E-state index in [1.807, 2.05) is 4.81 Å². The summed E-state index contributed by atoms with van der Waals surface area (Å²) in [7, 11) is -0.615. The summed E-state index contributed by atoms with van der Waals surface area (Å²) in [6, 6.07) is 4.19. The lowest BCUT2D eigenvalue weighted by atomic mass is 9.82. The molecule has 1 N–H and O–H groups in total. The molecule has 2 aromatic rings. The van der Waals surface area contributed by atoms with Gasteiger partial charge >= 0.3 is 13.1 Å². The molecule has 152 valence electrons. The fourth-order valence-electron chi connectivity index (χ4n) is 4.16. The van der Waals surface area contributed by atoms with Gasteiger partial charge < -0.3 is 9.83 Å². The van der Waals surface area contributed by atoms with Gasteiger partial charge in [0.1, 0.15) is 11.6 Å². The minimum Gasteiger partial charge on any atom is -0.437 e. The van der Waals surface area contributed by atoms with Gasteiger partial charge in [-0.2, -0.15) is 4.98 Å². The highest BCUT2D eigenvalue weighted by Gasteiger charge is 2.40. The molecule has 2 aliphatic rings. The molecular weight excluding hydrogens is 396 g/mol. The molecule has 1 aromatic carbocycles. The maximum atomic E-state index is 14.7. The van der Waals surface area contributed by atoms with Crippen molar-refractivity contribution in [3.8, 4) is 0 Å². The highest BCUT2D eigenvalue weighted by atomic mass is 35.5. The first-order valence-corrected chi connectivity index (χ1v) is 10.0. The van der Waals surface area contributed by atoms with E-state index in [0.29, 0.717) is 23.5 Å². The van der Waals surface area contributed by atoms with Gasteiger partial charge in [-0.3, -0.25) is 9.80 Å². The number of hydrogen-bond acceptors (Lipinski definition) is 5. The van der Waals surface area contributed by atoms with Crippen LogP contribution in [-0.4, -0.2) is 52.0 Å². The second-order valence-corrected chi connectivity index (χ2v) is 7.89. The number of carbonyl (C=O) groups excluding carboxylic acids is 1. The van der Waals surface area contributed by atoms with Crippen LogP contribution in [0.1, 0.15) is 24.0 Å². The van der Waals surface area contributed by atoms with Crippen molar-refractivity contribution >= 4 is 36.2 Å². The summed E-state index contributed by atoms with van der Waals surface area (Å²) < 4.78 is 14.7. The molecule has 1 aromatic heterocycles. The molecule has 1 saturated heterocycles. The van der Waals surface area contributed by atoms with Gasteiger partial charge in [-0.15, -0.1) is 0 Å². The van der Waals surface area contributed by atoms with Crippen LogP contribution in [0.15, 0.2) is 24.4 Å². The number of nitrogens with zero attached hydrogens (tertiary/aromatic N) is 5. The van der Waals surface area contributed by atoms with E-state index in [4.69, 9.17) is 11.6 Å². The van der Waals surface area contributed by atoms with Gasteiger partial charge in [0.05, 0.1) is 18.3 Å². The lowest BCUT2D eigenvalue weighted by molar-refractivity contribution is 0.235. The molecule has 29 heavy (non-hydrogen) atoms. The highest BCUT2D eigenvalue weighted by molar-refractivity contribution is 6.45. The zero-order valence-corrected chi connectivity index (χ0v) is 17.1. The fourth-order valence-corrected chi connectivity index (χ4v) is 4.29. The average Bonchev–Trinajstić information content (AvgIpc) is 2.68. The Hall–Kier alpha value is -2.23. The Morgan fingerprint density at radius 1 is 1.38 bits per heavy atom. The number of aryl methyl sites for hydroxylation is 1. The quantitative estimate of drug-likeness (QED) is 0.614. The van der Waals surface area contributed by atoms with Gasteiger partial charge in [0.15, 0.2) is 0 Å². The molecule has 0 spiro atoms. The number of rotatable bonds is 3. The summed E-state index contributed by atoms with van der Waals surface area (Å²) in [6.45, 7) is 4.90. The minimum absolute atomic E-state index is 0.0558. The van der Waals surface area contributed by atoms with Crippen LogP contribution in [0, 0.1) is 12.7 Å². The van der Waals surface area contributed by atoms with Crippen molar-refractivity contribution in [3.63, 3.8) is 0 Å². The Labute approximate surface area is 174 Å². The largest absolute Gasteiger partial charge is 0.437 e. The van der Waals surface area contributed by atoms with E-state index in [1.54, 1.807) is 37.0 Å². The molecule has 4 rings (SSSR count). The number of halogens is 2. The zero-order valence-electron chi connectivity index (χ0n) is 16.3. The average molecular weight is 418 g/mol. The van der Waals surface area contributed by atoms with E-state index in [1.165, 1.54) is 11.0 Å². The van der Waals surface area contributed by atoms with Crippen LogP contribution in [0.25, 0.3) is 0 Å². The van der Waals surface area contributed by atoms with Crippen molar-refractivity contribution in [2.24, 2.45) is 0 Å². The van der Waals surface area contributed by atoms with Crippen LogP contribution >= 0.6 is 11.6 Å². The Bertz CT molecular complexity index is 927. The van der Waals surface area contributed by atoms with Crippen LogP contribution in [0.3, 0.4) is 0 Å². The number of piperidine rings is 1. The molecule has 10 heteroatoms. The normalized spacial score (nSPS) is 20.0. The second kappa shape index (κ2) is 7.89. The van der Waals surface area contributed by atoms with Crippen molar-refractivity contribution < 1.29 is 14.2 Å². The number of benzene rings is 1. The predicted octanol–water partition coefficient (Wildman–Crippen LogP) is 3.10. The molecule has 7 nitrogen and oxygen atoms in total. The Balaban J connectivity index is 1.78. The molecule has 2 aliphatic heterocycles. The third-order valence-electron chi connectivity index (χ3n) is 5.59. The van der Waals surface area contributed by atoms with Gasteiger partial charge in [-0.25, -0.2) is 14.2 Å². The van der Waals surface area contributed by atoms with E-state index in [9.17, 15) is 14.2 Å². The molecule has 1 fully saturated rings. The SMILES string of the molecule is CB(O)N1CCC[C@@H](N2C(=O)N(c3c(C)cccc3F)Cc3cnc(Cl)nc32)C1. The number of hydrogen-bond donors (Lipinski definition) is 1. The molecule has 2 amide bonds. The number of carbonyl (C=O) groups is 1. The topological polar surface area (TPSA) is 72.8 Å². The number of para-hydroxylation sites is 1. The lowest BCUT2D eigenvalue weighted by Crippen LogP contribution is -2.58. The van der Waals surface area contributed by atoms with E-state index in [2.05, 4.69) is 9.97 Å². The summed E-state index contributed by atoms with van der Waals surface area (Å²) in [6.07, 6.45) is 3.16. The van der Waals surface area contributed by atoms with Gasteiger partial charge in [0, 0.05) is 18.3 Å². The molecule has 1 atom stereocenters. The molecule has 0 aliphatic carbocycles. The number of anilines is 2. The van der Waals surface area contributed by atoms with Crippen molar-refractivity contribution in [3.05, 3.63) is 46.6 Å².